The summed E-state index contributed by atoms with van der Waals surface area (Å²) in [6.07, 6.45) is 5.05. The molecule has 0 aliphatic heterocycles. The number of rotatable bonds is 2. The summed E-state index contributed by atoms with van der Waals surface area (Å²) in [5.74, 6) is 0. The van der Waals surface area contributed by atoms with E-state index in [1.165, 1.54) is 31.2 Å². The zero-order valence-corrected chi connectivity index (χ0v) is 12.5. The Morgan fingerprint density at radius 3 is 2.78 bits per heavy atom. The van der Waals surface area contributed by atoms with Gasteiger partial charge in [0.2, 0.25) is 0 Å². The van der Waals surface area contributed by atoms with E-state index < -0.39 is 0 Å². The van der Waals surface area contributed by atoms with Crippen molar-refractivity contribution >= 4 is 39.3 Å². The van der Waals surface area contributed by atoms with Gasteiger partial charge in [0, 0.05) is 9.97 Å². The maximum atomic E-state index is 4.83. The fourth-order valence-corrected chi connectivity index (χ4v) is 3.28. The fraction of sp³-hybridized carbons (Fsp3) is 0.538. The summed E-state index contributed by atoms with van der Waals surface area (Å²) in [4.78, 5) is 0. The third-order valence-corrected chi connectivity index (χ3v) is 4.77. The molecule has 0 atom stereocenters. The lowest BCUT2D eigenvalue weighted by atomic mass is 9.95. The largest absolute Gasteiger partial charge is 0.380 e. The van der Waals surface area contributed by atoms with Crippen molar-refractivity contribution in [2.24, 2.45) is 0 Å². The van der Waals surface area contributed by atoms with Crippen LogP contribution in [-0.2, 0) is 0 Å². The van der Waals surface area contributed by atoms with Crippen LogP contribution in [0.25, 0.3) is 11.0 Å². The van der Waals surface area contributed by atoms with Gasteiger partial charge >= 0.3 is 0 Å². The Balaban J connectivity index is 1.83. The van der Waals surface area contributed by atoms with Gasteiger partial charge in [0.1, 0.15) is 5.52 Å². The van der Waals surface area contributed by atoms with Crippen molar-refractivity contribution in [1.82, 2.24) is 10.3 Å². The molecule has 4 nitrogen and oxygen atoms in total. The van der Waals surface area contributed by atoms with E-state index in [2.05, 4.69) is 51.2 Å². The monoisotopic (exact) mass is 357 g/mol. The lowest BCUT2D eigenvalue weighted by Crippen LogP contribution is -2.26. The van der Waals surface area contributed by atoms with E-state index >= 15 is 0 Å². The van der Waals surface area contributed by atoms with Crippen molar-refractivity contribution in [3.05, 3.63) is 17.7 Å². The van der Waals surface area contributed by atoms with E-state index in [0.717, 1.165) is 20.6 Å². The number of hydrogen-bond acceptors (Lipinski definition) is 4. The van der Waals surface area contributed by atoms with Crippen molar-refractivity contribution in [2.45, 2.75) is 42.6 Å². The molecule has 1 aromatic heterocycles. The first-order valence-electron chi connectivity index (χ1n) is 6.36. The number of hydrogen-bond donors (Lipinski definition) is 1. The van der Waals surface area contributed by atoms with Crippen LogP contribution in [0.5, 0.6) is 0 Å². The maximum Gasteiger partial charge on any atom is 0.158 e. The molecule has 3 rings (SSSR count). The minimum Gasteiger partial charge on any atom is -0.380 e. The average molecular weight is 357 g/mol. The van der Waals surface area contributed by atoms with Crippen LogP contribution in [0.2, 0.25) is 0 Å². The standard InChI is InChI=1S/C13H16IN3O/c1-8-6-11(13-12(7-8)16-18-17-13)15-10-4-2-9(14)3-5-10/h6-7,9-10,15H,2-5H2,1H3. The second-order valence-corrected chi connectivity index (χ2v) is 6.80. The molecule has 0 spiro atoms. The first-order valence-corrected chi connectivity index (χ1v) is 7.60. The predicted molar refractivity (Wildman–Crippen MR) is 80.2 cm³/mol. The van der Waals surface area contributed by atoms with Crippen LogP contribution in [0.3, 0.4) is 0 Å². The number of benzene rings is 1. The molecule has 5 heteroatoms. The number of nitrogens with one attached hydrogen (secondary N) is 1. The molecule has 0 saturated heterocycles. The van der Waals surface area contributed by atoms with Crippen LogP contribution < -0.4 is 5.32 Å². The second kappa shape index (κ2) is 5.03. The number of aryl methyl sites for hydroxylation is 1. The zero-order valence-electron chi connectivity index (χ0n) is 10.3. The van der Waals surface area contributed by atoms with Crippen LogP contribution in [0, 0.1) is 6.92 Å². The van der Waals surface area contributed by atoms with Gasteiger partial charge in [-0.25, -0.2) is 4.63 Å². The Morgan fingerprint density at radius 1 is 1.22 bits per heavy atom. The highest BCUT2D eigenvalue weighted by molar-refractivity contribution is 14.1. The van der Waals surface area contributed by atoms with Crippen molar-refractivity contribution in [1.29, 1.82) is 0 Å². The van der Waals surface area contributed by atoms with Gasteiger partial charge in [-0.1, -0.05) is 22.6 Å². The quantitative estimate of drug-likeness (QED) is 0.658. The Bertz CT molecular complexity index is 546. The summed E-state index contributed by atoms with van der Waals surface area (Å²) in [5, 5.41) is 11.5. The molecule has 1 aliphatic carbocycles. The van der Waals surface area contributed by atoms with Crippen LogP contribution in [0.1, 0.15) is 31.2 Å². The molecule has 18 heavy (non-hydrogen) atoms. The normalized spacial score (nSPS) is 24.3. The zero-order chi connectivity index (χ0) is 12.5. The molecule has 2 aromatic rings. The number of fused-ring (bicyclic) bond motifs is 1. The van der Waals surface area contributed by atoms with Crippen LogP contribution in [0.4, 0.5) is 5.69 Å². The first kappa shape index (κ1) is 12.2. The number of nitrogens with zero attached hydrogens (tertiary/aromatic N) is 2. The van der Waals surface area contributed by atoms with Gasteiger partial charge in [-0.3, -0.25) is 0 Å². The lowest BCUT2D eigenvalue weighted by molar-refractivity contribution is 0.315. The maximum absolute atomic E-state index is 4.83. The van der Waals surface area contributed by atoms with E-state index in [1.807, 2.05) is 6.07 Å². The fourth-order valence-electron chi connectivity index (χ4n) is 2.56. The van der Waals surface area contributed by atoms with Gasteiger partial charge in [-0.15, -0.1) is 0 Å². The van der Waals surface area contributed by atoms with E-state index in [0.29, 0.717) is 6.04 Å². The molecular formula is C13H16IN3O. The van der Waals surface area contributed by atoms with E-state index in [4.69, 9.17) is 4.63 Å². The molecule has 0 radical (unpaired) electrons. The molecule has 0 unspecified atom stereocenters. The second-order valence-electron chi connectivity index (χ2n) is 5.04. The Morgan fingerprint density at radius 2 is 2.00 bits per heavy atom. The average Bonchev–Trinajstić information content (AvgIpc) is 2.80. The molecule has 1 aromatic carbocycles. The summed E-state index contributed by atoms with van der Waals surface area (Å²) in [5.41, 5.74) is 3.92. The SMILES string of the molecule is Cc1cc(NC2CCC(I)CC2)c2nonc2c1. The minimum atomic E-state index is 0.553. The molecule has 1 fully saturated rings. The van der Waals surface area contributed by atoms with Gasteiger partial charge < -0.3 is 5.32 Å². The molecule has 1 N–H and O–H groups in total. The molecule has 0 bridgehead atoms. The van der Waals surface area contributed by atoms with E-state index in [1.54, 1.807) is 0 Å². The molecular weight excluding hydrogens is 341 g/mol. The Hall–Kier alpha value is -0.850. The first-order chi connectivity index (χ1) is 8.72. The number of aromatic nitrogens is 2. The van der Waals surface area contributed by atoms with Gasteiger partial charge in [0.15, 0.2) is 5.52 Å². The third-order valence-electron chi connectivity index (χ3n) is 3.52. The number of halogens is 1. The molecule has 1 saturated carbocycles. The van der Waals surface area contributed by atoms with Gasteiger partial charge in [0.25, 0.3) is 0 Å². The van der Waals surface area contributed by atoms with Gasteiger partial charge in [0.05, 0.1) is 5.69 Å². The summed E-state index contributed by atoms with van der Waals surface area (Å²) in [6.45, 7) is 2.07. The van der Waals surface area contributed by atoms with Crippen molar-refractivity contribution in [3.8, 4) is 0 Å². The van der Waals surface area contributed by atoms with Gasteiger partial charge in [-0.2, -0.15) is 0 Å². The van der Waals surface area contributed by atoms with Crippen molar-refractivity contribution in [2.75, 3.05) is 5.32 Å². The summed E-state index contributed by atoms with van der Waals surface area (Å²) >= 11 is 2.55. The third kappa shape index (κ3) is 2.46. The van der Waals surface area contributed by atoms with Crippen LogP contribution >= 0.6 is 22.6 Å². The van der Waals surface area contributed by atoms with Crippen molar-refractivity contribution in [3.63, 3.8) is 0 Å². The van der Waals surface area contributed by atoms with Crippen molar-refractivity contribution < 1.29 is 4.63 Å². The Labute approximate surface area is 120 Å². The Kier molecular flexibility index (Phi) is 3.41. The molecule has 0 amide bonds. The smallest absolute Gasteiger partial charge is 0.158 e. The highest BCUT2D eigenvalue weighted by atomic mass is 127. The number of alkyl halides is 1. The predicted octanol–water partition coefficient (Wildman–Crippen LogP) is 3.69. The minimum absolute atomic E-state index is 0.553. The summed E-state index contributed by atoms with van der Waals surface area (Å²) < 4.78 is 5.67. The van der Waals surface area contributed by atoms with E-state index in [9.17, 15) is 0 Å². The topological polar surface area (TPSA) is 51.0 Å². The lowest BCUT2D eigenvalue weighted by Gasteiger charge is -2.27. The van der Waals surface area contributed by atoms with Crippen LogP contribution in [-0.4, -0.2) is 20.3 Å². The summed E-state index contributed by atoms with van der Waals surface area (Å²) in [6, 6.07) is 4.68. The summed E-state index contributed by atoms with van der Waals surface area (Å²) in [7, 11) is 0. The highest BCUT2D eigenvalue weighted by Crippen LogP contribution is 2.29. The van der Waals surface area contributed by atoms with E-state index in [-0.39, 0.29) is 0 Å². The van der Waals surface area contributed by atoms with Crippen LogP contribution in [0.15, 0.2) is 16.8 Å². The highest BCUT2D eigenvalue weighted by Gasteiger charge is 2.20. The van der Waals surface area contributed by atoms with Gasteiger partial charge in [-0.05, 0) is 60.6 Å². The molecule has 1 aliphatic rings. The number of anilines is 1. The molecule has 1 heterocycles. The molecule has 96 valence electrons.